The van der Waals surface area contributed by atoms with Crippen molar-refractivity contribution in [2.45, 2.75) is 0 Å². The van der Waals surface area contributed by atoms with Gasteiger partial charge in [-0.1, -0.05) is 24.3 Å². The molecule has 0 amide bonds. The van der Waals surface area contributed by atoms with Crippen molar-refractivity contribution < 1.29 is 0 Å². The van der Waals surface area contributed by atoms with E-state index in [0.29, 0.717) is 0 Å². The maximum Gasteiger partial charge on any atom is 0.123 e. The maximum atomic E-state index is 4.48. The number of hydrogen-bond donors (Lipinski definition) is 0. The van der Waals surface area contributed by atoms with Gasteiger partial charge in [0.25, 0.3) is 0 Å². The van der Waals surface area contributed by atoms with Gasteiger partial charge in [0.15, 0.2) is 0 Å². The molecule has 0 aliphatic rings. The molecule has 6 rings (SSSR count). The highest BCUT2D eigenvalue weighted by atomic mass is 32.2. The van der Waals surface area contributed by atoms with Crippen molar-refractivity contribution in [3.05, 3.63) is 77.8 Å². The van der Waals surface area contributed by atoms with E-state index < -0.39 is 0 Å². The molecule has 0 unspecified atom stereocenters. The van der Waals surface area contributed by atoms with Crippen LogP contribution >= 0.6 is 34.4 Å². The topological polar surface area (TPSA) is 25.2 Å². The zero-order valence-corrected chi connectivity index (χ0v) is 19.5. The van der Waals surface area contributed by atoms with Crippen molar-refractivity contribution in [1.29, 1.82) is 0 Å². The van der Waals surface area contributed by atoms with Gasteiger partial charge in [0.05, 0.1) is 5.04 Å². The van der Waals surface area contributed by atoms with Crippen LogP contribution in [0.25, 0.3) is 52.3 Å². The van der Waals surface area contributed by atoms with Gasteiger partial charge in [-0.15, -0.1) is 34.4 Å². The van der Waals surface area contributed by atoms with Crippen LogP contribution in [-0.4, -0.2) is 23.3 Å². The minimum Gasteiger partial charge on any atom is -0.281 e. The van der Waals surface area contributed by atoms with E-state index in [1.807, 2.05) is 30.0 Å². The summed E-state index contributed by atoms with van der Waals surface area (Å²) >= 11 is 5.24. The molecule has 6 aromatic rings. The molecule has 0 radical (unpaired) electrons. The number of aliphatic imine (C=N–C) groups is 1. The Hall–Kier alpha value is -2.73. The number of aromatic nitrogens is 1. The zero-order valence-electron chi connectivity index (χ0n) is 17.0. The second-order valence-electron chi connectivity index (χ2n) is 7.49. The van der Waals surface area contributed by atoms with Gasteiger partial charge < -0.3 is 0 Å². The van der Waals surface area contributed by atoms with Crippen LogP contribution in [0.5, 0.6) is 0 Å². The molecule has 5 heteroatoms. The molecule has 2 aromatic heterocycles. The second-order valence-corrected chi connectivity index (χ2v) is 10.3. The van der Waals surface area contributed by atoms with Gasteiger partial charge in [-0.3, -0.25) is 4.99 Å². The van der Waals surface area contributed by atoms with Crippen LogP contribution in [-0.2, 0) is 0 Å². The summed E-state index contributed by atoms with van der Waals surface area (Å²) in [6.45, 7) is 0. The predicted molar refractivity (Wildman–Crippen MR) is 141 cm³/mol. The fourth-order valence-electron chi connectivity index (χ4n) is 4.23. The number of hydrogen-bond acceptors (Lipinski definition) is 5. The summed E-state index contributed by atoms with van der Waals surface area (Å²) in [4.78, 5) is 8.90. The molecule has 31 heavy (non-hydrogen) atoms. The summed E-state index contributed by atoms with van der Waals surface area (Å²) in [7, 11) is 1.86. The molecule has 0 saturated carbocycles. The highest BCUT2D eigenvalue weighted by molar-refractivity contribution is 8.13. The first-order valence-corrected chi connectivity index (χ1v) is 12.9. The standard InChI is InChI=1S/C26H18N2S3/c1-27-25(29-2)17-5-3-15-13-23-21(11-19(15)9-17)22-12-20-10-18(26-28-7-8-30-26)6-4-16(20)14-24(22)31-23/h3-14H,1-2H3. The lowest BCUT2D eigenvalue weighted by Crippen LogP contribution is -1.93. The molecule has 0 aliphatic heterocycles. The maximum absolute atomic E-state index is 4.48. The molecule has 0 aliphatic carbocycles. The number of fused-ring (bicyclic) bond motifs is 5. The number of rotatable bonds is 2. The first-order valence-electron chi connectivity index (χ1n) is 9.98. The van der Waals surface area contributed by atoms with E-state index in [1.165, 1.54) is 52.8 Å². The fraction of sp³-hybridized carbons (Fsp3) is 0.0769. The third-order valence-electron chi connectivity index (χ3n) is 5.71. The van der Waals surface area contributed by atoms with E-state index in [9.17, 15) is 0 Å². The minimum atomic E-state index is 1.07. The van der Waals surface area contributed by atoms with E-state index >= 15 is 0 Å². The van der Waals surface area contributed by atoms with Crippen molar-refractivity contribution in [2.24, 2.45) is 4.99 Å². The van der Waals surface area contributed by atoms with Gasteiger partial charge >= 0.3 is 0 Å². The number of nitrogens with zero attached hydrogens (tertiary/aromatic N) is 2. The van der Waals surface area contributed by atoms with Gasteiger partial charge in [0.1, 0.15) is 5.01 Å². The molecule has 0 bridgehead atoms. The van der Waals surface area contributed by atoms with Crippen molar-refractivity contribution >= 4 is 81.2 Å². The van der Waals surface area contributed by atoms with Crippen molar-refractivity contribution in [3.8, 4) is 10.6 Å². The Balaban J connectivity index is 1.59. The Labute approximate surface area is 192 Å². The average molecular weight is 455 g/mol. The molecule has 0 N–H and O–H groups in total. The summed E-state index contributed by atoms with van der Waals surface area (Å²) in [5.41, 5.74) is 2.36. The third kappa shape index (κ3) is 3.16. The first kappa shape index (κ1) is 19.0. The fourth-order valence-corrected chi connectivity index (χ4v) is 6.58. The first-order chi connectivity index (χ1) is 15.2. The lowest BCUT2D eigenvalue weighted by molar-refractivity contribution is 1.42. The molecule has 0 fully saturated rings. The second kappa shape index (κ2) is 7.45. The predicted octanol–water partition coefficient (Wildman–Crippen LogP) is 8.22. The van der Waals surface area contributed by atoms with Gasteiger partial charge in [-0.25, -0.2) is 4.98 Å². The molecule has 150 valence electrons. The lowest BCUT2D eigenvalue weighted by Gasteiger charge is -2.05. The normalized spacial score (nSPS) is 12.5. The summed E-state index contributed by atoms with van der Waals surface area (Å²) in [6.07, 6.45) is 3.94. The minimum absolute atomic E-state index is 1.07. The highest BCUT2D eigenvalue weighted by Gasteiger charge is 2.11. The van der Waals surface area contributed by atoms with E-state index in [-0.39, 0.29) is 0 Å². The average Bonchev–Trinajstić information content (AvgIpc) is 3.44. The Morgan fingerprint density at radius 3 is 2.19 bits per heavy atom. The number of thiophene rings is 1. The molecule has 4 aromatic carbocycles. The SMILES string of the molecule is CN=C(SC)c1ccc2cc3sc4cc5ccc(-c6nccs6)cc5cc4c3cc2c1. The monoisotopic (exact) mass is 454 g/mol. The van der Waals surface area contributed by atoms with E-state index in [4.69, 9.17) is 0 Å². The summed E-state index contributed by atoms with van der Waals surface area (Å²) in [6, 6.07) is 22.6. The molecular weight excluding hydrogens is 437 g/mol. The van der Waals surface area contributed by atoms with Gasteiger partial charge in [0.2, 0.25) is 0 Å². The van der Waals surface area contributed by atoms with Crippen molar-refractivity contribution in [2.75, 3.05) is 13.3 Å². The molecular formula is C26H18N2S3. The molecule has 0 saturated heterocycles. The van der Waals surface area contributed by atoms with Crippen LogP contribution in [0.1, 0.15) is 5.56 Å². The van der Waals surface area contributed by atoms with Crippen molar-refractivity contribution in [3.63, 3.8) is 0 Å². The number of thioether (sulfide) groups is 1. The van der Waals surface area contributed by atoms with Crippen LogP contribution in [0.2, 0.25) is 0 Å². The molecule has 0 atom stereocenters. The van der Waals surface area contributed by atoms with E-state index in [2.05, 4.69) is 76.9 Å². The summed E-state index contributed by atoms with van der Waals surface area (Å²) < 4.78 is 2.67. The number of thiazole rings is 1. The Bertz CT molecular complexity index is 1630. The molecule has 2 heterocycles. The van der Waals surface area contributed by atoms with Crippen LogP contribution in [0.15, 0.2) is 77.2 Å². The van der Waals surface area contributed by atoms with Crippen LogP contribution in [0, 0.1) is 0 Å². The van der Waals surface area contributed by atoms with Crippen LogP contribution in [0.4, 0.5) is 0 Å². The Morgan fingerprint density at radius 2 is 1.55 bits per heavy atom. The van der Waals surface area contributed by atoms with Crippen LogP contribution < -0.4 is 0 Å². The molecule has 2 nitrogen and oxygen atoms in total. The summed E-state index contributed by atoms with van der Waals surface area (Å²) in [5.74, 6) is 0. The lowest BCUT2D eigenvalue weighted by atomic mass is 10.0. The van der Waals surface area contributed by atoms with Crippen molar-refractivity contribution in [1.82, 2.24) is 4.98 Å². The molecule has 0 spiro atoms. The van der Waals surface area contributed by atoms with Crippen LogP contribution in [0.3, 0.4) is 0 Å². The largest absolute Gasteiger partial charge is 0.281 e. The Kier molecular flexibility index (Phi) is 4.56. The highest BCUT2D eigenvalue weighted by Crippen LogP contribution is 2.39. The number of benzene rings is 4. The summed E-state index contributed by atoms with van der Waals surface area (Å²) in [5, 5.41) is 11.9. The third-order valence-corrected chi connectivity index (χ3v) is 8.45. The van der Waals surface area contributed by atoms with Gasteiger partial charge in [-0.2, -0.15) is 0 Å². The zero-order chi connectivity index (χ0) is 20.9. The smallest absolute Gasteiger partial charge is 0.123 e. The van der Waals surface area contributed by atoms with E-state index in [1.54, 1.807) is 23.1 Å². The quantitative estimate of drug-likeness (QED) is 0.194. The Morgan fingerprint density at radius 1 is 0.839 bits per heavy atom. The van der Waals surface area contributed by atoms with E-state index in [0.717, 1.165) is 10.1 Å². The van der Waals surface area contributed by atoms with Gasteiger partial charge in [0, 0.05) is 49.9 Å². The van der Waals surface area contributed by atoms with Gasteiger partial charge in [-0.05, 0) is 64.2 Å².